The van der Waals surface area contributed by atoms with Gasteiger partial charge >= 0.3 is 0 Å². The maximum atomic E-state index is 5.76. The summed E-state index contributed by atoms with van der Waals surface area (Å²) in [6, 6.07) is 6.87. The van der Waals surface area contributed by atoms with Crippen LogP contribution < -0.4 is 4.74 Å². The summed E-state index contributed by atoms with van der Waals surface area (Å²) in [5, 5.41) is 0. The van der Waals surface area contributed by atoms with Crippen molar-refractivity contribution in [2.24, 2.45) is 17.3 Å². The molecule has 3 aliphatic carbocycles. The van der Waals surface area contributed by atoms with Gasteiger partial charge in [0.25, 0.3) is 0 Å². The van der Waals surface area contributed by atoms with Gasteiger partial charge in [0.1, 0.15) is 5.75 Å². The maximum absolute atomic E-state index is 5.76. The largest absolute Gasteiger partial charge is 0.494 e. The molecule has 24 heavy (non-hydrogen) atoms. The number of aryl methyl sites for hydroxylation is 1. The Hall–Kier alpha value is -1.24. The summed E-state index contributed by atoms with van der Waals surface area (Å²) in [5.74, 6) is 3.82. The van der Waals surface area contributed by atoms with E-state index in [1.165, 1.54) is 44.9 Å². The lowest BCUT2D eigenvalue weighted by molar-refractivity contribution is 0.0597. The molecule has 1 heteroatoms. The molecule has 0 saturated heterocycles. The van der Waals surface area contributed by atoms with Crippen LogP contribution in [0.25, 0.3) is 0 Å². The van der Waals surface area contributed by atoms with Crippen molar-refractivity contribution in [3.05, 3.63) is 42.0 Å². The van der Waals surface area contributed by atoms with Crippen LogP contribution in [0.5, 0.6) is 5.75 Å². The highest BCUT2D eigenvalue weighted by atomic mass is 16.5. The van der Waals surface area contributed by atoms with E-state index in [1.54, 1.807) is 17.2 Å². The Morgan fingerprint density at radius 1 is 1.25 bits per heavy atom. The third-order valence-corrected chi connectivity index (χ3v) is 6.79. The van der Waals surface area contributed by atoms with E-state index in [0.717, 1.165) is 30.1 Å². The molecule has 1 aromatic rings. The number of allylic oxidation sites excluding steroid dienone is 1. The van der Waals surface area contributed by atoms with Gasteiger partial charge in [0, 0.05) is 0 Å². The van der Waals surface area contributed by atoms with Gasteiger partial charge in [0.15, 0.2) is 0 Å². The van der Waals surface area contributed by atoms with Crippen molar-refractivity contribution < 1.29 is 4.74 Å². The van der Waals surface area contributed by atoms with Gasteiger partial charge in [0.05, 0.1) is 6.61 Å². The minimum atomic E-state index is 0.663. The molecular formula is C23H34O. The molecule has 0 bridgehead atoms. The molecule has 0 heterocycles. The fraction of sp³-hybridized carbons (Fsp3) is 0.652. The molecular weight excluding hydrogens is 292 g/mol. The molecule has 2 fully saturated rings. The Morgan fingerprint density at radius 3 is 2.79 bits per heavy atom. The molecule has 0 radical (unpaired) electrons. The summed E-state index contributed by atoms with van der Waals surface area (Å²) in [4.78, 5) is 0. The van der Waals surface area contributed by atoms with E-state index in [2.05, 4.69) is 38.6 Å². The zero-order valence-corrected chi connectivity index (χ0v) is 15.8. The van der Waals surface area contributed by atoms with Crippen LogP contribution in [-0.4, -0.2) is 6.61 Å². The Bertz CT molecular complexity index is 575. The monoisotopic (exact) mass is 326 g/mol. The molecule has 1 aromatic carbocycles. The van der Waals surface area contributed by atoms with E-state index in [1.807, 2.05) is 6.92 Å². The Kier molecular flexibility index (Phi) is 5.37. The first-order chi connectivity index (χ1) is 11.6. The van der Waals surface area contributed by atoms with E-state index in [-0.39, 0.29) is 0 Å². The molecule has 0 amide bonds. The molecule has 2 saturated carbocycles. The van der Waals surface area contributed by atoms with Gasteiger partial charge in [-0.1, -0.05) is 25.5 Å². The minimum absolute atomic E-state index is 0.663. The summed E-state index contributed by atoms with van der Waals surface area (Å²) in [7, 11) is 0. The van der Waals surface area contributed by atoms with Gasteiger partial charge in [0.2, 0.25) is 0 Å². The molecule has 4 unspecified atom stereocenters. The van der Waals surface area contributed by atoms with Crippen LogP contribution in [0.3, 0.4) is 0 Å². The number of hydrogen-bond donors (Lipinski definition) is 0. The second kappa shape index (κ2) is 7.33. The van der Waals surface area contributed by atoms with Gasteiger partial charge in [-0.3, -0.25) is 0 Å². The summed E-state index contributed by atoms with van der Waals surface area (Å²) < 4.78 is 5.76. The van der Waals surface area contributed by atoms with Crippen LogP contribution in [0, 0.1) is 17.3 Å². The van der Waals surface area contributed by atoms with Crippen molar-refractivity contribution in [1.82, 2.24) is 0 Å². The standard InChI is InChI=1S/C20H28O.C3H6/c1-3-21-15-8-6-14-7-9-17-16(18(14)13-15)10-12-20(2)11-4-5-19(17)20;1-3-2/h6,8,13,16-17,19H,3-5,7,9-12H2,1-2H3;3H,1H2,2H3. The normalized spacial score (nSPS) is 33.4. The van der Waals surface area contributed by atoms with Crippen molar-refractivity contribution >= 4 is 0 Å². The highest BCUT2D eigenvalue weighted by Gasteiger charge is 2.50. The molecule has 1 nitrogen and oxygen atoms in total. The first kappa shape index (κ1) is 17.6. The second-order valence-electron chi connectivity index (χ2n) is 8.20. The lowest BCUT2D eigenvalue weighted by atomic mass is 9.56. The predicted octanol–water partition coefficient (Wildman–Crippen LogP) is 6.52. The van der Waals surface area contributed by atoms with E-state index >= 15 is 0 Å². The minimum Gasteiger partial charge on any atom is -0.494 e. The fourth-order valence-corrected chi connectivity index (χ4v) is 5.79. The predicted molar refractivity (Wildman–Crippen MR) is 103 cm³/mol. The Morgan fingerprint density at radius 2 is 2.04 bits per heavy atom. The quantitative estimate of drug-likeness (QED) is 0.562. The molecule has 3 aliphatic rings. The fourth-order valence-electron chi connectivity index (χ4n) is 5.79. The van der Waals surface area contributed by atoms with Gasteiger partial charge in [-0.15, -0.1) is 6.58 Å². The van der Waals surface area contributed by atoms with Crippen molar-refractivity contribution in [2.75, 3.05) is 6.61 Å². The maximum Gasteiger partial charge on any atom is 0.119 e. The van der Waals surface area contributed by atoms with Crippen LogP contribution >= 0.6 is 0 Å². The highest BCUT2D eigenvalue weighted by Crippen LogP contribution is 2.60. The lowest BCUT2D eigenvalue weighted by Gasteiger charge is -2.49. The van der Waals surface area contributed by atoms with Crippen LogP contribution in [-0.2, 0) is 6.42 Å². The molecule has 4 atom stereocenters. The van der Waals surface area contributed by atoms with Crippen LogP contribution in [0.4, 0.5) is 0 Å². The zero-order valence-electron chi connectivity index (χ0n) is 15.8. The van der Waals surface area contributed by atoms with Gasteiger partial charge in [-0.2, -0.15) is 0 Å². The van der Waals surface area contributed by atoms with Crippen molar-refractivity contribution in [1.29, 1.82) is 0 Å². The van der Waals surface area contributed by atoms with E-state index in [4.69, 9.17) is 4.74 Å². The third-order valence-electron chi connectivity index (χ3n) is 6.79. The van der Waals surface area contributed by atoms with Gasteiger partial charge in [-0.05, 0) is 98.8 Å². The number of hydrogen-bond acceptors (Lipinski definition) is 1. The van der Waals surface area contributed by atoms with Crippen LogP contribution in [0.15, 0.2) is 30.9 Å². The Labute approximate surface area is 148 Å². The topological polar surface area (TPSA) is 9.23 Å². The number of rotatable bonds is 2. The van der Waals surface area contributed by atoms with Crippen LogP contribution in [0.1, 0.15) is 76.3 Å². The molecule has 0 spiro atoms. The van der Waals surface area contributed by atoms with Crippen molar-refractivity contribution in [2.45, 2.75) is 71.6 Å². The number of fused-ring (bicyclic) bond motifs is 5. The summed E-state index contributed by atoms with van der Waals surface area (Å²) >= 11 is 0. The SMILES string of the molecule is C=CC.CCOc1ccc2c(c1)C1CCC3(C)CCCC3C1CC2. The average molecular weight is 327 g/mol. The van der Waals surface area contributed by atoms with E-state index in [0.29, 0.717) is 5.41 Å². The smallest absolute Gasteiger partial charge is 0.119 e. The van der Waals surface area contributed by atoms with Crippen molar-refractivity contribution in [3.8, 4) is 5.75 Å². The second-order valence-corrected chi connectivity index (χ2v) is 8.20. The highest BCUT2D eigenvalue weighted by molar-refractivity contribution is 5.40. The van der Waals surface area contributed by atoms with Crippen molar-refractivity contribution in [3.63, 3.8) is 0 Å². The summed E-state index contributed by atoms with van der Waals surface area (Å²) in [5.41, 5.74) is 3.89. The summed E-state index contributed by atoms with van der Waals surface area (Å²) in [6.07, 6.45) is 11.7. The summed E-state index contributed by atoms with van der Waals surface area (Å²) in [6.45, 7) is 10.7. The first-order valence-electron chi connectivity index (χ1n) is 9.95. The van der Waals surface area contributed by atoms with E-state index in [9.17, 15) is 0 Å². The molecule has 4 rings (SSSR count). The first-order valence-corrected chi connectivity index (χ1v) is 9.95. The molecule has 0 N–H and O–H groups in total. The zero-order chi connectivity index (χ0) is 17.2. The Balaban J connectivity index is 0.000000526. The molecule has 132 valence electrons. The van der Waals surface area contributed by atoms with Crippen LogP contribution in [0.2, 0.25) is 0 Å². The van der Waals surface area contributed by atoms with Gasteiger partial charge in [-0.25, -0.2) is 0 Å². The van der Waals surface area contributed by atoms with E-state index < -0.39 is 0 Å². The third kappa shape index (κ3) is 3.15. The number of benzene rings is 1. The molecule has 0 aromatic heterocycles. The number of ether oxygens (including phenoxy) is 1. The lowest BCUT2D eigenvalue weighted by Crippen LogP contribution is -2.39. The van der Waals surface area contributed by atoms with Gasteiger partial charge < -0.3 is 4.74 Å². The molecule has 0 aliphatic heterocycles. The average Bonchev–Trinajstić information content (AvgIpc) is 2.97.